The van der Waals surface area contributed by atoms with Gasteiger partial charge in [0.1, 0.15) is 0 Å². The van der Waals surface area contributed by atoms with Crippen LogP contribution >= 0.6 is 0 Å². The second-order valence-corrected chi connectivity index (χ2v) is 9.17. The van der Waals surface area contributed by atoms with Gasteiger partial charge in [-0.2, -0.15) is 4.31 Å². The first-order valence-electron chi connectivity index (χ1n) is 9.87. The van der Waals surface area contributed by atoms with Crippen LogP contribution in [-0.4, -0.2) is 62.8 Å². The maximum absolute atomic E-state index is 12.9. The van der Waals surface area contributed by atoms with Crippen molar-refractivity contribution in [3.63, 3.8) is 0 Å². The molecule has 2 rings (SSSR count). The molecule has 0 saturated carbocycles. The number of carbonyl (C=O) groups is 1. The van der Waals surface area contributed by atoms with Gasteiger partial charge in [0.15, 0.2) is 0 Å². The van der Waals surface area contributed by atoms with E-state index in [4.69, 9.17) is 0 Å². The Morgan fingerprint density at radius 2 is 1.81 bits per heavy atom. The van der Waals surface area contributed by atoms with E-state index in [1.807, 2.05) is 26.0 Å². The van der Waals surface area contributed by atoms with Crippen molar-refractivity contribution in [2.45, 2.75) is 45.4 Å². The first-order chi connectivity index (χ1) is 12.8. The molecule has 0 spiro atoms. The number of amides is 1. The van der Waals surface area contributed by atoms with Crippen LogP contribution in [0.2, 0.25) is 0 Å². The van der Waals surface area contributed by atoms with Gasteiger partial charge in [0, 0.05) is 32.1 Å². The number of carbonyl (C=O) groups excluding carboxylic acids is 1. The first kappa shape index (κ1) is 21.9. The van der Waals surface area contributed by atoms with Crippen LogP contribution in [0.3, 0.4) is 0 Å². The predicted octanol–water partition coefficient (Wildman–Crippen LogP) is 2.16. The summed E-state index contributed by atoms with van der Waals surface area (Å²) >= 11 is 0. The third-order valence-corrected chi connectivity index (χ3v) is 7.45. The maximum Gasteiger partial charge on any atom is 0.243 e. The van der Waals surface area contributed by atoms with Gasteiger partial charge < -0.3 is 10.2 Å². The number of rotatable bonds is 8. The molecule has 1 heterocycles. The number of aryl methyl sites for hydroxylation is 2. The largest absolute Gasteiger partial charge is 0.355 e. The van der Waals surface area contributed by atoms with E-state index in [-0.39, 0.29) is 11.8 Å². The molecule has 0 aromatic heterocycles. The van der Waals surface area contributed by atoms with Crippen molar-refractivity contribution in [1.29, 1.82) is 0 Å². The van der Waals surface area contributed by atoms with Crippen molar-refractivity contribution in [3.8, 4) is 0 Å². The van der Waals surface area contributed by atoms with Gasteiger partial charge >= 0.3 is 0 Å². The molecule has 27 heavy (non-hydrogen) atoms. The lowest BCUT2D eigenvalue weighted by Gasteiger charge is -2.31. The fourth-order valence-corrected chi connectivity index (χ4v) is 5.28. The van der Waals surface area contributed by atoms with E-state index in [1.165, 1.54) is 4.31 Å². The molecule has 0 bridgehead atoms. The molecule has 0 atom stereocenters. The van der Waals surface area contributed by atoms with Crippen LogP contribution in [0.15, 0.2) is 23.1 Å². The Morgan fingerprint density at radius 1 is 1.19 bits per heavy atom. The summed E-state index contributed by atoms with van der Waals surface area (Å²) in [6, 6.07) is 5.41. The van der Waals surface area contributed by atoms with Crippen LogP contribution in [-0.2, 0) is 14.8 Å². The van der Waals surface area contributed by atoms with Crippen LogP contribution in [0, 0.1) is 19.8 Å². The Morgan fingerprint density at radius 3 is 2.37 bits per heavy atom. The summed E-state index contributed by atoms with van der Waals surface area (Å²) in [7, 11) is -3.50. The van der Waals surface area contributed by atoms with Gasteiger partial charge in [0.2, 0.25) is 15.9 Å². The molecule has 0 radical (unpaired) electrons. The average Bonchev–Trinajstić information content (AvgIpc) is 2.65. The highest BCUT2D eigenvalue weighted by molar-refractivity contribution is 7.89. The molecule has 1 aliphatic rings. The van der Waals surface area contributed by atoms with E-state index in [1.54, 1.807) is 6.07 Å². The summed E-state index contributed by atoms with van der Waals surface area (Å²) in [5, 5.41) is 3.00. The maximum atomic E-state index is 12.9. The van der Waals surface area contributed by atoms with E-state index in [0.29, 0.717) is 37.4 Å². The van der Waals surface area contributed by atoms with E-state index >= 15 is 0 Å². The fraction of sp³-hybridized carbons (Fsp3) is 0.650. The molecule has 1 fully saturated rings. The minimum absolute atomic E-state index is 0.0470. The average molecular weight is 396 g/mol. The number of likely N-dealkylation sites (N-methyl/N-ethyl adjacent to an activating group) is 1. The summed E-state index contributed by atoms with van der Waals surface area (Å²) in [5.41, 5.74) is 1.82. The van der Waals surface area contributed by atoms with Gasteiger partial charge in [0.25, 0.3) is 0 Å². The van der Waals surface area contributed by atoms with Crippen molar-refractivity contribution < 1.29 is 13.2 Å². The summed E-state index contributed by atoms with van der Waals surface area (Å²) < 4.78 is 27.4. The van der Waals surface area contributed by atoms with Crippen molar-refractivity contribution >= 4 is 15.9 Å². The van der Waals surface area contributed by atoms with E-state index < -0.39 is 10.0 Å². The summed E-state index contributed by atoms with van der Waals surface area (Å²) in [6.45, 7) is 12.2. The number of piperidine rings is 1. The van der Waals surface area contributed by atoms with Gasteiger partial charge in [-0.15, -0.1) is 0 Å². The van der Waals surface area contributed by atoms with Crippen molar-refractivity contribution in [2.75, 3.05) is 39.3 Å². The highest BCUT2D eigenvalue weighted by atomic mass is 32.2. The molecule has 1 aromatic rings. The number of nitrogens with zero attached hydrogens (tertiary/aromatic N) is 2. The number of sulfonamides is 1. The minimum Gasteiger partial charge on any atom is -0.355 e. The topological polar surface area (TPSA) is 69.7 Å². The molecule has 1 N–H and O–H groups in total. The van der Waals surface area contributed by atoms with Crippen LogP contribution in [0.5, 0.6) is 0 Å². The Balaban J connectivity index is 1.89. The second kappa shape index (κ2) is 9.66. The van der Waals surface area contributed by atoms with Crippen LogP contribution in [0.1, 0.15) is 37.8 Å². The molecule has 0 aliphatic carbocycles. The number of nitrogens with one attached hydrogen (secondary N) is 1. The summed E-state index contributed by atoms with van der Waals surface area (Å²) in [6.07, 6.45) is 1.14. The molecule has 152 valence electrons. The van der Waals surface area contributed by atoms with Gasteiger partial charge in [-0.05, 0) is 51.4 Å². The quantitative estimate of drug-likeness (QED) is 0.732. The lowest BCUT2D eigenvalue weighted by Crippen LogP contribution is -2.44. The number of hydrogen-bond donors (Lipinski definition) is 1. The van der Waals surface area contributed by atoms with Gasteiger partial charge in [-0.1, -0.05) is 31.5 Å². The molecule has 7 heteroatoms. The van der Waals surface area contributed by atoms with Gasteiger partial charge in [-0.3, -0.25) is 4.79 Å². The molecule has 0 unspecified atom stereocenters. The molecule has 1 amide bonds. The van der Waals surface area contributed by atoms with Crippen molar-refractivity contribution in [1.82, 2.24) is 14.5 Å². The fourth-order valence-electron chi connectivity index (χ4n) is 3.61. The first-order valence-corrected chi connectivity index (χ1v) is 11.3. The number of hydrogen-bond acceptors (Lipinski definition) is 4. The minimum atomic E-state index is -3.50. The van der Waals surface area contributed by atoms with Crippen molar-refractivity contribution in [3.05, 3.63) is 29.3 Å². The van der Waals surface area contributed by atoms with E-state index in [2.05, 4.69) is 24.1 Å². The SMILES string of the molecule is CCN(CC)CCNC(=O)C1CCN(S(=O)(=O)c2ccc(C)cc2C)CC1. The molecule has 1 saturated heterocycles. The predicted molar refractivity (Wildman–Crippen MR) is 108 cm³/mol. The Hall–Kier alpha value is -1.44. The Bertz CT molecular complexity index is 737. The standard InChI is InChI=1S/C20H33N3O3S/c1-5-22(6-2)14-11-21-20(24)18-9-12-23(13-10-18)27(25,26)19-8-7-16(3)15-17(19)4/h7-8,15,18H,5-6,9-14H2,1-4H3,(H,21,24). The monoisotopic (exact) mass is 395 g/mol. The second-order valence-electron chi connectivity index (χ2n) is 7.27. The van der Waals surface area contributed by atoms with Crippen LogP contribution < -0.4 is 5.32 Å². The smallest absolute Gasteiger partial charge is 0.243 e. The zero-order valence-corrected chi connectivity index (χ0v) is 17.8. The lowest BCUT2D eigenvalue weighted by molar-refractivity contribution is -0.126. The zero-order valence-electron chi connectivity index (χ0n) is 17.0. The molecular formula is C20H33N3O3S. The third kappa shape index (κ3) is 5.53. The van der Waals surface area contributed by atoms with Crippen molar-refractivity contribution in [2.24, 2.45) is 5.92 Å². The highest BCUT2D eigenvalue weighted by Crippen LogP contribution is 2.26. The third-order valence-electron chi connectivity index (χ3n) is 5.39. The summed E-state index contributed by atoms with van der Waals surface area (Å²) in [5.74, 6) is -0.0574. The van der Waals surface area contributed by atoms with Crippen LogP contribution in [0.4, 0.5) is 0 Å². The Kier molecular flexibility index (Phi) is 7.82. The normalized spacial score (nSPS) is 16.6. The molecular weight excluding hydrogens is 362 g/mol. The number of benzene rings is 1. The molecule has 1 aromatic carbocycles. The lowest BCUT2D eigenvalue weighted by atomic mass is 9.97. The summed E-state index contributed by atoms with van der Waals surface area (Å²) in [4.78, 5) is 15.0. The van der Waals surface area contributed by atoms with Gasteiger partial charge in [-0.25, -0.2) is 8.42 Å². The van der Waals surface area contributed by atoms with Gasteiger partial charge in [0.05, 0.1) is 4.90 Å². The van der Waals surface area contributed by atoms with E-state index in [0.717, 1.165) is 30.8 Å². The highest BCUT2D eigenvalue weighted by Gasteiger charge is 2.32. The molecule has 1 aliphatic heterocycles. The zero-order chi connectivity index (χ0) is 20.0. The molecule has 6 nitrogen and oxygen atoms in total. The van der Waals surface area contributed by atoms with E-state index in [9.17, 15) is 13.2 Å². The van der Waals surface area contributed by atoms with Crippen LogP contribution in [0.25, 0.3) is 0 Å². The Labute approximate surface area is 164 Å².